The molecule has 0 aliphatic heterocycles. The van der Waals surface area contributed by atoms with E-state index in [9.17, 15) is 5.11 Å². The second kappa shape index (κ2) is 5.47. The molecule has 2 atom stereocenters. The molecule has 5 nitrogen and oxygen atoms in total. The summed E-state index contributed by atoms with van der Waals surface area (Å²) in [5, 5.41) is 19.4. The number of aromatic nitrogens is 2. The maximum atomic E-state index is 10.4. The maximum absolute atomic E-state index is 10.4. The summed E-state index contributed by atoms with van der Waals surface area (Å²) in [4.78, 5) is 4.38. The summed E-state index contributed by atoms with van der Waals surface area (Å²) in [5.74, 6) is 0.399. The number of nitrogens with two attached hydrogens (primary N) is 1. The number of nitrogens with zero attached hydrogens (tertiary/aromatic N) is 3. The van der Waals surface area contributed by atoms with Crippen LogP contribution in [0.4, 0.5) is 0 Å². The van der Waals surface area contributed by atoms with E-state index in [0.717, 1.165) is 43.3 Å². The fraction of sp³-hybridized carbons (Fsp3) is 0.500. The fourth-order valence-electron chi connectivity index (χ4n) is 3.35. The Morgan fingerprint density at radius 3 is 3.14 bits per heavy atom. The van der Waals surface area contributed by atoms with Crippen molar-refractivity contribution in [2.75, 3.05) is 6.54 Å². The molecule has 1 fully saturated rings. The first-order chi connectivity index (χ1) is 10.1. The van der Waals surface area contributed by atoms with Gasteiger partial charge >= 0.3 is 0 Å². The fourth-order valence-corrected chi connectivity index (χ4v) is 3.35. The average molecular weight is 284 g/mol. The normalized spacial score (nSPS) is 25.9. The molecule has 5 heteroatoms. The van der Waals surface area contributed by atoms with Gasteiger partial charge in [0.15, 0.2) is 0 Å². The molecular weight excluding hydrogens is 264 g/mol. The summed E-state index contributed by atoms with van der Waals surface area (Å²) in [5.41, 5.74) is 7.51. The lowest BCUT2D eigenvalue weighted by Gasteiger charge is -2.36. The standard InChI is InChI=1S/C16H20N4O/c17-8-12-3-4-14-15(6-12)20(11-19-14)9-13-2-1-5-16(21,7-13)10-18/h3-4,6,11,13,21H,1-2,5,7,9-10,18H2/t13-,16-/m0/s1. The summed E-state index contributed by atoms with van der Waals surface area (Å²) in [6.45, 7) is 1.14. The van der Waals surface area contributed by atoms with Crippen molar-refractivity contribution in [1.29, 1.82) is 5.26 Å². The van der Waals surface area contributed by atoms with Gasteiger partial charge in [0, 0.05) is 13.1 Å². The second-order valence-corrected chi connectivity index (χ2v) is 6.10. The predicted molar refractivity (Wildman–Crippen MR) is 80.4 cm³/mol. The number of rotatable bonds is 3. The third-order valence-electron chi connectivity index (χ3n) is 4.51. The first-order valence-electron chi connectivity index (χ1n) is 7.41. The Bertz CT molecular complexity index is 687. The van der Waals surface area contributed by atoms with Gasteiger partial charge in [0.1, 0.15) is 0 Å². The van der Waals surface area contributed by atoms with Crippen molar-refractivity contribution in [2.24, 2.45) is 11.7 Å². The van der Waals surface area contributed by atoms with Crippen LogP contribution < -0.4 is 5.73 Å². The lowest BCUT2D eigenvalue weighted by Crippen LogP contribution is -2.42. The minimum atomic E-state index is -0.711. The molecule has 1 aliphatic carbocycles. The monoisotopic (exact) mass is 284 g/mol. The van der Waals surface area contributed by atoms with E-state index in [-0.39, 0.29) is 0 Å². The number of benzene rings is 1. The third-order valence-corrected chi connectivity index (χ3v) is 4.51. The molecule has 1 aliphatic rings. The van der Waals surface area contributed by atoms with Crippen LogP contribution in [0.5, 0.6) is 0 Å². The van der Waals surface area contributed by atoms with E-state index < -0.39 is 5.60 Å². The van der Waals surface area contributed by atoms with Crippen LogP contribution in [0.3, 0.4) is 0 Å². The topological polar surface area (TPSA) is 87.9 Å². The molecule has 1 aromatic heterocycles. The molecule has 1 aromatic carbocycles. The Balaban J connectivity index is 1.83. The minimum Gasteiger partial charge on any atom is -0.389 e. The van der Waals surface area contributed by atoms with Crippen molar-refractivity contribution < 1.29 is 5.11 Å². The molecule has 1 heterocycles. The van der Waals surface area contributed by atoms with E-state index in [1.165, 1.54) is 0 Å². The summed E-state index contributed by atoms with van der Waals surface area (Å²) >= 11 is 0. The zero-order valence-electron chi connectivity index (χ0n) is 12.0. The highest BCUT2D eigenvalue weighted by Gasteiger charge is 2.33. The van der Waals surface area contributed by atoms with Crippen molar-refractivity contribution in [1.82, 2.24) is 9.55 Å². The third kappa shape index (κ3) is 2.78. The van der Waals surface area contributed by atoms with E-state index >= 15 is 0 Å². The summed E-state index contributed by atoms with van der Waals surface area (Å²) < 4.78 is 2.09. The quantitative estimate of drug-likeness (QED) is 0.899. The predicted octanol–water partition coefficient (Wildman–Crippen LogP) is 1.79. The molecule has 0 radical (unpaired) electrons. The number of fused-ring (bicyclic) bond motifs is 1. The molecule has 1 saturated carbocycles. The van der Waals surface area contributed by atoms with Crippen LogP contribution in [-0.2, 0) is 6.54 Å². The van der Waals surface area contributed by atoms with Gasteiger partial charge in [0.25, 0.3) is 0 Å². The van der Waals surface area contributed by atoms with Gasteiger partial charge in [0.05, 0.1) is 34.6 Å². The smallest absolute Gasteiger partial charge is 0.0992 e. The largest absolute Gasteiger partial charge is 0.389 e. The van der Waals surface area contributed by atoms with E-state index in [2.05, 4.69) is 15.6 Å². The molecule has 21 heavy (non-hydrogen) atoms. The van der Waals surface area contributed by atoms with Crippen LogP contribution in [0.15, 0.2) is 24.5 Å². The van der Waals surface area contributed by atoms with Crippen LogP contribution in [0, 0.1) is 17.2 Å². The van der Waals surface area contributed by atoms with Gasteiger partial charge in [-0.2, -0.15) is 5.26 Å². The van der Waals surface area contributed by atoms with Crippen LogP contribution in [0.1, 0.15) is 31.2 Å². The SMILES string of the molecule is N#Cc1ccc2ncn(C[C@H]3CCC[C@@](O)(CN)C3)c2c1. The highest BCUT2D eigenvalue weighted by molar-refractivity contribution is 5.76. The molecule has 110 valence electrons. The van der Waals surface area contributed by atoms with Crippen molar-refractivity contribution in [3.63, 3.8) is 0 Å². The van der Waals surface area contributed by atoms with Crippen LogP contribution >= 0.6 is 0 Å². The lowest BCUT2D eigenvalue weighted by molar-refractivity contribution is -0.0106. The van der Waals surface area contributed by atoms with E-state index in [4.69, 9.17) is 11.0 Å². The Morgan fingerprint density at radius 1 is 1.52 bits per heavy atom. The molecule has 0 spiro atoms. The summed E-state index contributed by atoms with van der Waals surface area (Å²) in [7, 11) is 0. The number of hydrogen-bond acceptors (Lipinski definition) is 4. The summed E-state index contributed by atoms with van der Waals surface area (Å²) in [6.07, 6.45) is 5.46. The number of hydrogen-bond donors (Lipinski definition) is 2. The van der Waals surface area contributed by atoms with Gasteiger partial charge in [-0.1, -0.05) is 6.42 Å². The second-order valence-electron chi connectivity index (χ2n) is 6.10. The van der Waals surface area contributed by atoms with Gasteiger partial charge in [-0.25, -0.2) is 4.98 Å². The van der Waals surface area contributed by atoms with Crippen LogP contribution in [0.25, 0.3) is 11.0 Å². The Morgan fingerprint density at radius 2 is 2.38 bits per heavy atom. The van der Waals surface area contributed by atoms with E-state index in [1.54, 1.807) is 6.07 Å². The maximum Gasteiger partial charge on any atom is 0.0992 e. The molecule has 3 rings (SSSR count). The van der Waals surface area contributed by atoms with Gasteiger partial charge < -0.3 is 15.4 Å². The molecule has 3 N–H and O–H groups in total. The number of aliphatic hydroxyl groups is 1. The Kier molecular flexibility index (Phi) is 3.66. The number of nitriles is 1. The molecule has 0 amide bonds. The highest BCUT2D eigenvalue weighted by atomic mass is 16.3. The van der Waals surface area contributed by atoms with Crippen molar-refractivity contribution in [2.45, 2.75) is 37.8 Å². The van der Waals surface area contributed by atoms with E-state index in [0.29, 0.717) is 18.0 Å². The van der Waals surface area contributed by atoms with Crippen molar-refractivity contribution >= 4 is 11.0 Å². The zero-order valence-corrected chi connectivity index (χ0v) is 12.0. The molecule has 0 bridgehead atoms. The number of imidazole rings is 1. The molecule has 0 saturated heterocycles. The van der Waals surface area contributed by atoms with Crippen LogP contribution in [-0.4, -0.2) is 26.8 Å². The lowest BCUT2D eigenvalue weighted by atomic mass is 9.78. The van der Waals surface area contributed by atoms with Gasteiger partial charge in [-0.05, 0) is 43.4 Å². The molecule has 2 aromatic rings. The molecule has 0 unspecified atom stereocenters. The van der Waals surface area contributed by atoms with Crippen molar-refractivity contribution in [3.8, 4) is 6.07 Å². The van der Waals surface area contributed by atoms with Crippen molar-refractivity contribution in [3.05, 3.63) is 30.1 Å². The highest BCUT2D eigenvalue weighted by Crippen LogP contribution is 2.33. The first-order valence-corrected chi connectivity index (χ1v) is 7.41. The van der Waals surface area contributed by atoms with Gasteiger partial charge in [0.2, 0.25) is 0 Å². The van der Waals surface area contributed by atoms with Gasteiger partial charge in [-0.15, -0.1) is 0 Å². The average Bonchev–Trinajstić information content (AvgIpc) is 2.89. The van der Waals surface area contributed by atoms with Gasteiger partial charge in [-0.3, -0.25) is 0 Å². The van der Waals surface area contributed by atoms with E-state index in [1.807, 2.05) is 18.5 Å². The molecular formula is C16H20N4O. The Hall–Kier alpha value is -1.90. The van der Waals surface area contributed by atoms with Crippen LogP contribution in [0.2, 0.25) is 0 Å². The zero-order chi connectivity index (χ0) is 14.9. The summed E-state index contributed by atoms with van der Waals surface area (Å²) in [6, 6.07) is 7.70. The first kappa shape index (κ1) is 14.1. The Labute approximate surface area is 124 Å². The minimum absolute atomic E-state index is 0.326.